The van der Waals surface area contributed by atoms with Crippen molar-refractivity contribution in [3.05, 3.63) is 71.9 Å². The Labute approximate surface area is 150 Å². The highest BCUT2D eigenvalue weighted by atomic mass is 19.1. The first-order valence-electron chi connectivity index (χ1n) is 8.64. The molecule has 2 aromatic carbocycles. The molecule has 0 aliphatic carbocycles. The fraction of sp³-hybridized carbons (Fsp3) is 0.250. The maximum absolute atomic E-state index is 13.1. The monoisotopic (exact) mass is 351 g/mol. The minimum Gasteiger partial charge on any atom is -0.420 e. The zero-order valence-electron chi connectivity index (χ0n) is 14.1. The summed E-state index contributed by atoms with van der Waals surface area (Å²) in [5, 5.41) is 8.33. The highest BCUT2D eigenvalue weighted by molar-refractivity contribution is 5.94. The Hall–Kier alpha value is -3.02. The molecule has 2 heterocycles. The summed E-state index contributed by atoms with van der Waals surface area (Å²) < 4.78 is 18.9. The number of benzene rings is 2. The van der Waals surface area contributed by atoms with Crippen molar-refractivity contribution in [2.45, 2.75) is 18.8 Å². The second-order valence-electron chi connectivity index (χ2n) is 6.41. The summed E-state index contributed by atoms with van der Waals surface area (Å²) in [7, 11) is 0. The summed E-state index contributed by atoms with van der Waals surface area (Å²) in [6.07, 6.45) is 1.75. The standard InChI is InChI=1S/C20H18FN3O2/c21-17-10-8-15(9-11-17)20(25)24-12-4-7-16(13-24)19-23-22-18(26-19)14-5-2-1-3-6-14/h1-3,5-6,8-11,16H,4,7,12-13H2/t16-/m1/s1. The highest BCUT2D eigenvalue weighted by Crippen LogP contribution is 2.29. The molecule has 6 heteroatoms. The van der Waals surface area contributed by atoms with Gasteiger partial charge in [-0.15, -0.1) is 10.2 Å². The first kappa shape index (κ1) is 16.4. The molecule has 1 atom stereocenters. The largest absolute Gasteiger partial charge is 0.420 e. The van der Waals surface area contributed by atoms with Crippen LogP contribution in [0.25, 0.3) is 11.5 Å². The summed E-state index contributed by atoms with van der Waals surface area (Å²) in [6.45, 7) is 1.19. The summed E-state index contributed by atoms with van der Waals surface area (Å²) in [5.41, 5.74) is 1.36. The zero-order chi connectivity index (χ0) is 17.9. The zero-order valence-corrected chi connectivity index (χ0v) is 14.1. The molecule has 1 saturated heterocycles. The number of rotatable bonds is 3. The van der Waals surface area contributed by atoms with Crippen molar-refractivity contribution in [1.29, 1.82) is 0 Å². The summed E-state index contributed by atoms with van der Waals surface area (Å²) in [5.74, 6) is 0.607. The lowest BCUT2D eigenvalue weighted by Crippen LogP contribution is -2.39. The van der Waals surface area contributed by atoms with Gasteiger partial charge in [-0.3, -0.25) is 4.79 Å². The molecule has 1 aliphatic rings. The average Bonchev–Trinajstić information content (AvgIpc) is 3.19. The van der Waals surface area contributed by atoms with E-state index >= 15 is 0 Å². The Morgan fingerprint density at radius 3 is 2.62 bits per heavy atom. The molecular weight excluding hydrogens is 333 g/mol. The number of amides is 1. The van der Waals surface area contributed by atoms with E-state index in [0.717, 1.165) is 18.4 Å². The number of hydrogen-bond acceptors (Lipinski definition) is 4. The molecule has 0 radical (unpaired) electrons. The quantitative estimate of drug-likeness (QED) is 0.718. The van der Waals surface area contributed by atoms with Gasteiger partial charge in [-0.2, -0.15) is 0 Å². The maximum atomic E-state index is 13.1. The van der Waals surface area contributed by atoms with Crippen LogP contribution in [0, 0.1) is 5.82 Å². The van der Waals surface area contributed by atoms with Gasteiger partial charge in [0.05, 0.1) is 5.92 Å². The summed E-state index contributed by atoms with van der Waals surface area (Å²) in [4.78, 5) is 14.4. The van der Waals surface area contributed by atoms with Crippen LogP contribution in [-0.4, -0.2) is 34.1 Å². The number of aromatic nitrogens is 2. The number of piperidine rings is 1. The molecule has 0 unspecified atom stereocenters. The predicted octanol–water partition coefficient (Wildman–Crippen LogP) is 3.90. The minimum absolute atomic E-state index is 0.0121. The van der Waals surface area contributed by atoms with E-state index in [1.807, 2.05) is 30.3 Å². The minimum atomic E-state index is -0.350. The second kappa shape index (κ2) is 7.07. The molecule has 4 rings (SSSR count). The summed E-state index contributed by atoms with van der Waals surface area (Å²) in [6, 6.07) is 15.2. The fourth-order valence-corrected chi connectivity index (χ4v) is 3.24. The third kappa shape index (κ3) is 3.35. The molecule has 132 valence electrons. The molecule has 3 aromatic rings. The molecule has 0 saturated carbocycles. The van der Waals surface area contributed by atoms with E-state index < -0.39 is 0 Å². The van der Waals surface area contributed by atoms with Gasteiger partial charge >= 0.3 is 0 Å². The number of likely N-dealkylation sites (tertiary alicyclic amines) is 1. The van der Waals surface area contributed by atoms with Crippen LogP contribution in [0.3, 0.4) is 0 Å². The van der Waals surface area contributed by atoms with Gasteiger partial charge in [0.25, 0.3) is 5.91 Å². The Balaban J connectivity index is 1.49. The van der Waals surface area contributed by atoms with Crippen molar-refractivity contribution in [2.75, 3.05) is 13.1 Å². The van der Waals surface area contributed by atoms with E-state index in [0.29, 0.717) is 30.4 Å². The van der Waals surface area contributed by atoms with Crippen LogP contribution in [-0.2, 0) is 0 Å². The van der Waals surface area contributed by atoms with Crippen LogP contribution < -0.4 is 0 Å². The number of nitrogens with zero attached hydrogens (tertiary/aromatic N) is 3. The first-order valence-corrected chi connectivity index (χ1v) is 8.64. The van der Waals surface area contributed by atoms with Crippen molar-refractivity contribution < 1.29 is 13.6 Å². The topological polar surface area (TPSA) is 59.2 Å². The van der Waals surface area contributed by atoms with Crippen molar-refractivity contribution in [1.82, 2.24) is 15.1 Å². The van der Waals surface area contributed by atoms with Gasteiger partial charge in [-0.25, -0.2) is 4.39 Å². The van der Waals surface area contributed by atoms with E-state index in [1.165, 1.54) is 24.3 Å². The lowest BCUT2D eigenvalue weighted by atomic mass is 9.97. The second-order valence-corrected chi connectivity index (χ2v) is 6.41. The smallest absolute Gasteiger partial charge is 0.253 e. The van der Waals surface area contributed by atoms with Crippen molar-refractivity contribution >= 4 is 5.91 Å². The Bertz CT molecular complexity index is 893. The van der Waals surface area contributed by atoms with Gasteiger partial charge in [-0.1, -0.05) is 18.2 Å². The third-order valence-electron chi connectivity index (χ3n) is 4.61. The van der Waals surface area contributed by atoms with E-state index in [-0.39, 0.29) is 17.6 Å². The SMILES string of the molecule is O=C(c1ccc(F)cc1)N1CCC[C@@H](c2nnc(-c3ccccc3)o2)C1. The van der Waals surface area contributed by atoms with E-state index in [2.05, 4.69) is 10.2 Å². The van der Waals surface area contributed by atoms with Crippen LogP contribution >= 0.6 is 0 Å². The van der Waals surface area contributed by atoms with Gasteiger partial charge in [0.15, 0.2) is 0 Å². The average molecular weight is 351 g/mol. The first-order chi connectivity index (χ1) is 12.7. The molecule has 1 aromatic heterocycles. The predicted molar refractivity (Wildman–Crippen MR) is 94.0 cm³/mol. The molecule has 0 bridgehead atoms. The van der Waals surface area contributed by atoms with Crippen molar-refractivity contribution in [3.8, 4) is 11.5 Å². The van der Waals surface area contributed by atoms with Gasteiger partial charge < -0.3 is 9.32 Å². The number of carbonyl (C=O) groups is 1. The van der Waals surface area contributed by atoms with E-state index in [4.69, 9.17) is 4.42 Å². The molecule has 0 N–H and O–H groups in total. The molecule has 1 aliphatic heterocycles. The molecule has 1 fully saturated rings. The maximum Gasteiger partial charge on any atom is 0.253 e. The van der Waals surface area contributed by atoms with Gasteiger partial charge in [0.1, 0.15) is 5.82 Å². The number of hydrogen-bond donors (Lipinski definition) is 0. The van der Waals surface area contributed by atoms with Crippen molar-refractivity contribution in [2.24, 2.45) is 0 Å². The third-order valence-corrected chi connectivity index (χ3v) is 4.61. The fourth-order valence-electron chi connectivity index (χ4n) is 3.24. The molecule has 26 heavy (non-hydrogen) atoms. The van der Waals surface area contributed by atoms with E-state index in [9.17, 15) is 9.18 Å². The Morgan fingerprint density at radius 2 is 1.85 bits per heavy atom. The molecule has 0 spiro atoms. The number of carbonyl (C=O) groups excluding carboxylic acids is 1. The highest BCUT2D eigenvalue weighted by Gasteiger charge is 2.29. The van der Waals surface area contributed by atoms with Crippen LogP contribution in [0.15, 0.2) is 59.0 Å². The number of halogens is 1. The lowest BCUT2D eigenvalue weighted by molar-refractivity contribution is 0.0698. The Morgan fingerprint density at radius 1 is 1.08 bits per heavy atom. The van der Waals surface area contributed by atoms with Gasteiger partial charge in [0.2, 0.25) is 11.8 Å². The molecule has 5 nitrogen and oxygen atoms in total. The lowest BCUT2D eigenvalue weighted by Gasteiger charge is -2.31. The van der Waals surface area contributed by atoms with Gasteiger partial charge in [-0.05, 0) is 49.2 Å². The summed E-state index contributed by atoms with van der Waals surface area (Å²) >= 11 is 0. The normalized spacial score (nSPS) is 17.3. The van der Waals surface area contributed by atoms with Crippen LogP contribution in [0.5, 0.6) is 0 Å². The van der Waals surface area contributed by atoms with Crippen LogP contribution in [0.1, 0.15) is 35.0 Å². The molecule has 1 amide bonds. The van der Waals surface area contributed by atoms with Gasteiger partial charge in [0, 0.05) is 24.2 Å². The van der Waals surface area contributed by atoms with Crippen LogP contribution in [0.2, 0.25) is 0 Å². The van der Waals surface area contributed by atoms with Crippen molar-refractivity contribution in [3.63, 3.8) is 0 Å². The van der Waals surface area contributed by atoms with E-state index in [1.54, 1.807) is 4.90 Å². The Kier molecular flexibility index (Phi) is 4.48. The van der Waals surface area contributed by atoms with Crippen LogP contribution in [0.4, 0.5) is 4.39 Å². The molecular formula is C20H18FN3O2.